The number of rotatable bonds is 3. The van der Waals surface area contributed by atoms with Crippen LogP contribution in [0.3, 0.4) is 0 Å². The molecule has 1 aliphatic rings. The van der Waals surface area contributed by atoms with Gasteiger partial charge in [0.05, 0.1) is 0 Å². The fraction of sp³-hybridized carbons (Fsp3) is 0.600. The first-order valence-electron chi connectivity index (χ1n) is 4.52. The molecule has 74 valence electrons. The normalized spacial score (nSPS) is 35.0. The lowest BCUT2D eigenvalue weighted by atomic mass is 10.2. The summed E-state index contributed by atoms with van der Waals surface area (Å²) in [5.74, 6) is 1.95. The van der Waals surface area contributed by atoms with Crippen LogP contribution in [-0.4, -0.2) is 19.8 Å². The quantitative estimate of drug-likeness (QED) is 0.675. The molecule has 1 saturated heterocycles. The molecular weight excluding hydrogens is 200 g/mol. The van der Waals surface area contributed by atoms with Gasteiger partial charge in [0.1, 0.15) is 4.08 Å². The minimum Gasteiger partial charge on any atom is -0.258 e. The topological polar surface area (TPSA) is 17.1 Å². The maximum Gasteiger partial charge on any atom is 0.112 e. The third-order valence-corrected chi connectivity index (χ3v) is 5.98. The van der Waals surface area contributed by atoms with Crippen LogP contribution in [-0.2, 0) is 10.8 Å². The lowest BCUT2D eigenvalue weighted by Gasteiger charge is -2.32. The van der Waals surface area contributed by atoms with Crippen molar-refractivity contribution in [3.63, 3.8) is 0 Å². The van der Waals surface area contributed by atoms with E-state index in [1.807, 2.05) is 30.8 Å². The van der Waals surface area contributed by atoms with Gasteiger partial charge in [-0.25, -0.2) is 0 Å². The van der Waals surface area contributed by atoms with Gasteiger partial charge in [-0.3, -0.25) is 4.21 Å². The molecule has 1 rings (SSSR count). The number of thioether (sulfide) groups is 1. The summed E-state index contributed by atoms with van der Waals surface area (Å²) in [5.41, 5.74) is 0. The third kappa shape index (κ3) is 2.47. The lowest BCUT2D eigenvalue weighted by Crippen LogP contribution is -2.33. The molecule has 0 N–H and O–H groups in total. The van der Waals surface area contributed by atoms with E-state index >= 15 is 0 Å². The van der Waals surface area contributed by atoms with Gasteiger partial charge in [0, 0.05) is 16.6 Å². The zero-order chi connectivity index (χ0) is 9.73. The fourth-order valence-electron chi connectivity index (χ4n) is 1.47. The molecule has 0 aliphatic carbocycles. The van der Waals surface area contributed by atoms with Gasteiger partial charge in [-0.1, -0.05) is 18.2 Å². The van der Waals surface area contributed by atoms with E-state index in [0.717, 1.165) is 24.3 Å². The highest BCUT2D eigenvalue weighted by Crippen LogP contribution is 2.39. The molecule has 0 amide bonds. The molecule has 1 heterocycles. The highest BCUT2D eigenvalue weighted by molar-refractivity contribution is 8.13. The lowest BCUT2D eigenvalue weighted by molar-refractivity contribution is 0.670. The molecule has 1 aliphatic heterocycles. The molecule has 1 unspecified atom stereocenters. The zero-order valence-electron chi connectivity index (χ0n) is 7.99. The summed E-state index contributed by atoms with van der Waals surface area (Å²) in [4.78, 5) is 0. The van der Waals surface area contributed by atoms with E-state index in [0.29, 0.717) is 0 Å². The summed E-state index contributed by atoms with van der Waals surface area (Å²) < 4.78 is 11.7. The first-order valence-corrected chi connectivity index (χ1v) is 6.83. The fourth-order valence-corrected chi connectivity index (χ4v) is 5.13. The van der Waals surface area contributed by atoms with E-state index in [1.165, 1.54) is 0 Å². The van der Waals surface area contributed by atoms with Crippen LogP contribution in [0.15, 0.2) is 24.8 Å². The van der Waals surface area contributed by atoms with Crippen LogP contribution in [0, 0.1) is 0 Å². The Bertz CT molecular complexity index is 235. The van der Waals surface area contributed by atoms with Crippen molar-refractivity contribution in [2.24, 2.45) is 0 Å². The minimum absolute atomic E-state index is 0.172. The molecule has 0 radical (unpaired) electrons. The second kappa shape index (κ2) is 5.01. The van der Waals surface area contributed by atoms with Crippen molar-refractivity contribution in [1.82, 2.24) is 0 Å². The SMILES string of the molecule is C=CC[C@]1(/C=C/C)SCCCS1=O. The van der Waals surface area contributed by atoms with Crippen LogP contribution in [0.25, 0.3) is 0 Å². The Hall–Kier alpha value is -0.0200. The van der Waals surface area contributed by atoms with E-state index in [1.54, 1.807) is 0 Å². The number of hydrogen-bond donors (Lipinski definition) is 0. The molecule has 2 atom stereocenters. The Kier molecular flexibility index (Phi) is 4.26. The van der Waals surface area contributed by atoms with E-state index < -0.39 is 10.8 Å². The Morgan fingerprint density at radius 3 is 3.00 bits per heavy atom. The first-order chi connectivity index (χ1) is 6.25. The Balaban J connectivity index is 2.85. The van der Waals surface area contributed by atoms with Gasteiger partial charge < -0.3 is 0 Å². The second-order valence-corrected chi connectivity index (χ2v) is 6.57. The van der Waals surface area contributed by atoms with Crippen LogP contribution < -0.4 is 0 Å². The molecule has 0 saturated carbocycles. The number of allylic oxidation sites excluding steroid dienone is 2. The molecule has 1 nitrogen and oxygen atoms in total. The standard InChI is InChI=1S/C10H16OS2/c1-3-6-10(7-4-2)12-8-5-9-13(10)11/h3-4,7H,1,5-6,8-9H2,2H3/b7-4+/t10-,13?/m0/s1. The monoisotopic (exact) mass is 216 g/mol. The molecule has 0 spiro atoms. The highest BCUT2D eigenvalue weighted by Gasteiger charge is 2.35. The van der Waals surface area contributed by atoms with Gasteiger partial charge in [0.2, 0.25) is 0 Å². The van der Waals surface area contributed by atoms with Crippen molar-refractivity contribution in [2.45, 2.75) is 23.8 Å². The van der Waals surface area contributed by atoms with Crippen LogP contribution in [0.5, 0.6) is 0 Å². The molecular formula is C10H16OS2. The van der Waals surface area contributed by atoms with Crippen LogP contribution in [0.1, 0.15) is 19.8 Å². The van der Waals surface area contributed by atoms with E-state index in [2.05, 4.69) is 12.7 Å². The van der Waals surface area contributed by atoms with Gasteiger partial charge in [0.15, 0.2) is 0 Å². The van der Waals surface area contributed by atoms with Crippen LogP contribution in [0.2, 0.25) is 0 Å². The zero-order valence-corrected chi connectivity index (χ0v) is 9.63. The van der Waals surface area contributed by atoms with Gasteiger partial charge in [-0.2, -0.15) is 0 Å². The van der Waals surface area contributed by atoms with Crippen molar-refractivity contribution in [3.8, 4) is 0 Å². The summed E-state index contributed by atoms with van der Waals surface area (Å²) in [5, 5.41) is 0. The van der Waals surface area contributed by atoms with Crippen molar-refractivity contribution in [1.29, 1.82) is 0 Å². The van der Waals surface area contributed by atoms with Crippen LogP contribution >= 0.6 is 11.8 Å². The predicted octanol–water partition coefficient (Wildman–Crippen LogP) is 2.72. The Morgan fingerprint density at radius 1 is 1.69 bits per heavy atom. The molecule has 1 fully saturated rings. The van der Waals surface area contributed by atoms with E-state index in [-0.39, 0.29) is 4.08 Å². The maximum atomic E-state index is 11.9. The molecule has 0 aromatic heterocycles. The van der Waals surface area contributed by atoms with E-state index in [9.17, 15) is 4.21 Å². The van der Waals surface area contributed by atoms with E-state index in [4.69, 9.17) is 0 Å². The summed E-state index contributed by atoms with van der Waals surface area (Å²) in [6.07, 6.45) is 7.84. The largest absolute Gasteiger partial charge is 0.258 e. The Labute approximate surface area is 87.1 Å². The summed E-state index contributed by atoms with van der Waals surface area (Å²) >= 11 is 1.81. The maximum absolute atomic E-state index is 11.9. The predicted molar refractivity (Wildman–Crippen MR) is 62.4 cm³/mol. The highest BCUT2D eigenvalue weighted by atomic mass is 32.2. The average molecular weight is 216 g/mol. The second-order valence-electron chi connectivity index (χ2n) is 3.06. The molecule has 0 bridgehead atoms. The number of hydrogen-bond acceptors (Lipinski definition) is 2. The summed E-state index contributed by atoms with van der Waals surface area (Å²) in [7, 11) is -0.731. The van der Waals surface area contributed by atoms with Crippen molar-refractivity contribution in [2.75, 3.05) is 11.5 Å². The molecule has 0 aromatic rings. The minimum atomic E-state index is -0.731. The van der Waals surface area contributed by atoms with Crippen molar-refractivity contribution < 1.29 is 4.21 Å². The van der Waals surface area contributed by atoms with Gasteiger partial charge >= 0.3 is 0 Å². The molecule has 13 heavy (non-hydrogen) atoms. The summed E-state index contributed by atoms with van der Waals surface area (Å²) in [6.45, 7) is 5.72. The average Bonchev–Trinajstić information content (AvgIpc) is 2.11. The first kappa shape index (κ1) is 11.1. The summed E-state index contributed by atoms with van der Waals surface area (Å²) in [6, 6.07) is 0. The van der Waals surface area contributed by atoms with Crippen molar-refractivity contribution >= 4 is 22.6 Å². The Morgan fingerprint density at radius 2 is 2.46 bits per heavy atom. The van der Waals surface area contributed by atoms with Gasteiger partial charge in [0.25, 0.3) is 0 Å². The van der Waals surface area contributed by atoms with Crippen molar-refractivity contribution in [3.05, 3.63) is 24.8 Å². The van der Waals surface area contributed by atoms with Gasteiger partial charge in [-0.05, 0) is 25.5 Å². The van der Waals surface area contributed by atoms with Gasteiger partial charge in [-0.15, -0.1) is 18.3 Å². The third-order valence-electron chi connectivity index (χ3n) is 2.06. The smallest absolute Gasteiger partial charge is 0.112 e. The molecule has 3 heteroatoms. The van der Waals surface area contributed by atoms with Crippen LogP contribution in [0.4, 0.5) is 0 Å². The molecule has 0 aromatic carbocycles.